The topological polar surface area (TPSA) is 50.4 Å². The summed E-state index contributed by atoms with van der Waals surface area (Å²) in [6.45, 7) is 5.45. The molecule has 0 bridgehead atoms. The van der Waals surface area contributed by atoms with E-state index in [1.807, 2.05) is 32.9 Å². The van der Waals surface area contributed by atoms with Crippen molar-refractivity contribution < 1.29 is 9.53 Å². The number of carbonyl (C=O) groups is 1. The molecule has 2 rings (SSSR count). The summed E-state index contributed by atoms with van der Waals surface area (Å²) in [4.78, 5) is 12.3. The predicted octanol–water partition coefficient (Wildman–Crippen LogP) is 3.08. The van der Waals surface area contributed by atoms with E-state index in [-0.39, 0.29) is 18.1 Å². The van der Waals surface area contributed by atoms with Gasteiger partial charge in [0.25, 0.3) is 0 Å². The molecule has 0 fully saturated rings. The Kier molecular flexibility index (Phi) is 4.85. The molecule has 0 aliphatic carbocycles. The van der Waals surface area contributed by atoms with Crippen molar-refractivity contribution in [3.8, 4) is 0 Å². The Morgan fingerprint density at radius 2 is 1.95 bits per heavy atom. The fourth-order valence-electron chi connectivity index (χ4n) is 2.15. The second kappa shape index (κ2) is 6.45. The summed E-state index contributed by atoms with van der Waals surface area (Å²) in [5, 5.41) is 7.19. The van der Waals surface area contributed by atoms with E-state index in [4.69, 9.17) is 28.6 Å². The number of halogens is 1. The molecule has 1 aromatic carbocycles. The van der Waals surface area contributed by atoms with Crippen LogP contribution in [0.3, 0.4) is 0 Å². The molecule has 0 saturated heterocycles. The Bertz CT molecular complexity index is 596. The lowest BCUT2D eigenvalue weighted by atomic mass is 9.96. The van der Waals surface area contributed by atoms with Gasteiger partial charge in [0.05, 0.1) is 17.7 Å². The molecule has 4 nitrogen and oxygen atoms in total. The van der Waals surface area contributed by atoms with Crippen LogP contribution < -0.4 is 10.6 Å². The monoisotopic (exact) mass is 324 g/mol. The quantitative estimate of drug-likeness (QED) is 0.661. The number of rotatable bonds is 3. The first-order valence-electron chi connectivity index (χ1n) is 6.63. The number of esters is 1. The van der Waals surface area contributed by atoms with Gasteiger partial charge < -0.3 is 15.4 Å². The molecule has 21 heavy (non-hydrogen) atoms. The lowest BCUT2D eigenvalue weighted by Crippen LogP contribution is -2.45. The van der Waals surface area contributed by atoms with Crippen LogP contribution >= 0.6 is 23.8 Å². The zero-order valence-electron chi connectivity index (χ0n) is 12.1. The zero-order valence-corrected chi connectivity index (χ0v) is 13.6. The average molecular weight is 325 g/mol. The number of hydrogen-bond donors (Lipinski definition) is 2. The van der Waals surface area contributed by atoms with Gasteiger partial charge in [-0.3, -0.25) is 0 Å². The number of allylic oxidation sites excluding steroid dienone is 1. The second-order valence-electron chi connectivity index (χ2n) is 5.08. The fourth-order valence-corrected chi connectivity index (χ4v) is 2.54. The van der Waals surface area contributed by atoms with Crippen molar-refractivity contribution in [2.75, 3.05) is 0 Å². The van der Waals surface area contributed by atoms with Gasteiger partial charge in [-0.05, 0) is 50.7 Å². The summed E-state index contributed by atoms with van der Waals surface area (Å²) in [6.07, 6.45) is -0.183. The highest BCUT2D eigenvalue weighted by Gasteiger charge is 2.31. The number of thiocarbonyl (C=S) groups is 1. The van der Waals surface area contributed by atoms with Crippen molar-refractivity contribution in [3.63, 3.8) is 0 Å². The Labute approximate surface area is 134 Å². The third kappa shape index (κ3) is 3.74. The van der Waals surface area contributed by atoms with Gasteiger partial charge in [0.1, 0.15) is 0 Å². The predicted molar refractivity (Wildman–Crippen MR) is 87.0 cm³/mol. The standard InChI is InChI=1S/C15H17ClN2O2S/c1-8(2)20-14(19)12-9(3)17-15(21)18-13(12)10-4-6-11(16)7-5-10/h4-8,13H,1-3H3,(H2,17,18,21)/t13-/m1/s1. The lowest BCUT2D eigenvalue weighted by molar-refractivity contribution is -0.143. The average Bonchev–Trinajstić information content (AvgIpc) is 2.37. The van der Waals surface area contributed by atoms with E-state index in [1.54, 1.807) is 12.1 Å². The Hall–Kier alpha value is -1.59. The van der Waals surface area contributed by atoms with E-state index in [0.717, 1.165) is 5.56 Å². The maximum Gasteiger partial charge on any atom is 0.338 e. The minimum atomic E-state index is -0.357. The zero-order chi connectivity index (χ0) is 15.6. The first-order chi connectivity index (χ1) is 9.88. The van der Waals surface area contributed by atoms with Crippen molar-refractivity contribution in [2.45, 2.75) is 32.9 Å². The highest BCUT2D eigenvalue weighted by atomic mass is 35.5. The van der Waals surface area contributed by atoms with E-state index in [2.05, 4.69) is 10.6 Å². The van der Waals surface area contributed by atoms with Crippen molar-refractivity contribution in [1.82, 2.24) is 10.6 Å². The molecule has 1 atom stereocenters. The molecule has 0 aromatic heterocycles. The van der Waals surface area contributed by atoms with Crippen LogP contribution in [0.1, 0.15) is 32.4 Å². The molecule has 0 amide bonds. The Morgan fingerprint density at radius 1 is 1.33 bits per heavy atom. The first-order valence-corrected chi connectivity index (χ1v) is 7.42. The maximum absolute atomic E-state index is 12.3. The van der Waals surface area contributed by atoms with Gasteiger partial charge in [0.15, 0.2) is 5.11 Å². The van der Waals surface area contributed by atoms with E-state index in [1.165, 1.54) is 0 Å². The normalized spacial score (nSPS) is 18.3. The molecule has 1 aromatic rings. The van der Waals surface area contributed by atoms with Gasteiger partial charge >= 0.3 is 5.97 Å². The van der Waals surface area contributed by atoms with Gasteiger partial charge in [-0.15, -0.1) is 0 Å². The summed E-state index contributed by atoms with van der Waals surface area (Å²) in [5.74, 6) is -0.357. The number of ether oxygens (including phenoxy) is 1. The highest BCUT2D eigenvalue weighted by molar-refractivity contribution is 7.80. The van der Waals surface area contributed by atoms with Crippen LogP contribution in [-0.2, 0) is 9.53 Å². The molecule has 2 N–H and O–H groups in total. The van der Waals surface area contributed by atoms with Crippen LogP contribution in [0, 0.1) is 0 Å². The van der Waals surface area contributed by atoms with Gasteiger partial charge in [-0.25, -0.2) is 4.79 Å². The molecular formula is C15H17ClN2O2S. The lowest BCUT2D eigenvalue weighted by Gasteiger charge is -2.30. The Morgan fingerprint density at radius 3 is 2.52 bits per heavy atom. The first kappa shape index (κ1) is 15.8. The van der Waals surface area contributed by atoms with Crippen LogP contribution in [-0.4, -0.2) is 17.2 Å². The molecule has 6 heteroatoms. The van der Waals surface area contributed by atoms with Crippen LogP contribution in [0.2, 0.25) is 5.02 Å². The van der Waals surface area contributed by atoms with Gasteiger partial charge in [-0.2, -0.15) is 0 Å². The van der Waals surface area contributed by atoms with Gasteiger partial charge in [0, 0.05) is 10.7 Å². The van der Waals surface area contributed by atoms with Crippen LogP contribution in [0.25, 0.3) is 0 Å². The molecular weight excluding hydrogens is 308 g/mol. The third-order valence-corrected chi connectivity index (χ3v) is 3.51. The van der Waals surface area contributed by atoms with Gasteiger partial charge in [-0.1, -0.05) is 23.7 Å². The smallest absolute Gasteiger partial charge is 0.338 e. The molecule has 1 aliphatic heterocycles. The summed E-state index contributed by atoms with van der Waals surface area (Å²) in [7, 11) is 0. The summed E-state index contributed by atoms with van der Waals surface area (Å²) >= 11 is 11.1. The molecule has 0 spiro atoms. The highest BCUT2D eigenvalue weighted by Crippen LogP contribution is 2.28. The molecule has 0 unspecified atom stereocenters. The maximum atomic E-state index is 12.3. The Balaban J connectivity index is 2.40. The minimum Gasteiger partial charge on any atom is -0.459 e. The SMILES string of the molecule is CC1=C(C(=O)OC(C)C)[C@@H](c2ccc(Cl)cc2)NC(=S)N1. The number of carbonyl (C=O) groups excluding carboxylic acids is 1. The number of hydrogen-bond acceptors (Lipinski definition) is 3. The van der Waals surface area contributed by atoms with Gasteiger partial charge in [0.2, 0.25) is 0 Å². The number of nitrogens with one attached hydrogen (secondary N) is 2. The van der Waals surface area contributed by atoms with Crippen LogP contribution in [0.15, 0.2) is 35.5 Å². The third-order valence-electron chi connectivity index (χ3n) is 3.04. The van der Waals surface area contributed by atoms with Crippen molar-refractivity contribution in [3.05, 3.63) is 46.1 Å². The van der Waals surface area contributed by atoms with Crippen molar-refractivity contribution >= 4 is 34.9 Å². The number of benzene rings is 1. The molecule has 0 saturated carbocycles. The molecule has 0 radical (unpaired) electrons. The largest absolute Gasteiger partial charge is 0.459 e. The molecule has 1 aliphatic rings. The fraction of sp³-hybridized carbons (Fsp3) is 0.333. The van der Waals surface area contributed by atoms with E-state index in [0.29, 0.717) is 21.4 Å². The van der Waals surface area contributed by atoms with Crippen molar-refractivity contribution in [1.29, 1.82) is 0 Å². The summed E-state index contributed by atoms with van der Waals surface area (Å²) in [6, 6.07) is 6.95. The second-order valence-corrected chi connectivity index (χ2v) is 5.92. The van der Waals surface area contributed by atoms with Crippen LogP contribution in [0.5, 0.6) is 0 Å². The van der Waals surface area contributed by atoms with E-state index >= 15 is 0 Å². The minimum absolute atomic E-state index is 0.183. The van der Waals surface area contributed by atoms with E-state index in [9.17, 15) is 4.79 Å². The van der Waals surface area contributed by atoms with Crippen molar-refractivity contribution in [2.24, 2.45) is 0 Å². The molecule has 112 valence electrons. The van der Waals surface area contributed by atoms with E-state index < -0.39 is 0 Å². The molecule has 1 heterocycles. The summed E-state index contributed by atoms with van der Waals surface area (Å²) < 4.78 is 5.32. The summed E-state index contributed by atoms with van der Waals surface area (Å²) in [5.41, 5.74) is 2.13. The van der Waals surface area contributed by atoms with Crippen LogP contribution in [0.4, 0.5) is 0 Å².